The molecule has 3 nitrogen and oxygen atoms in total. The Balaban J connectivity index is 2.94. The number of carbonyl (C=O) groups excluding carboxylic acids is 1. The van der Waals surface area contributed by atoms with Gasteiger partial charge in [0.05, 0.1) is 5.56 Å². The second kappa shape index (κ2) is 5.10. The fraction of sp³-hybridized carbons (Fsp3) is 0.400. The Kier molecular flexibility index (Phi) is 4.07. The zero-order chi connectivity index (χ0) is 10.6. The van der Waals surface area contributed by atoms with Gasteiger partial charge in [-0.05, 0) is 35.8 Å². The molecule has 4 heteroatoms. The van der Waals surface area contributed by atoms with Crippen molar-refractivity contribution in [3.05, 3.63) is 28.5 Å². The molecule has 76 valence electrons. The zero-order valence-electron chi connectivity index (χ0n) is 8.33. The molecular formula is C10H13BrN2O. The number of hydrogen-bond donors (Lipinski definition) is 0. The first-order valence-corrected chi connectivity index (χ1v) is 5.38. The monoisotopic (exact) mass is 256 g/mol. The zero-order valence-corrected chi connectivity index (χ0v) is 9.91. The molecule has 1 amide bonds. The van der Waals surface area contributed by atoms with Crippen LogP contribution >= 0.6 is 15.9 Å². The maximum absolute atomic E-state index is 11.9. The number of pyridine rings is 1. The summed E-state index contributed by atoms with van der Waals surface area (Å²) in [5.74, 6) is 0.0456. The van der Waals surface area contributed by atoms with Gasteiger partial charge < -0.3 is 4.90 Å². The van der Waals surface area contributed by atoms with E-state index in [1.165, 1.54) is 0 Å². The summed E-state index contributed by atoms with van der Waals surface area (Å²) in [4.78, 5) is 17.6. The lowest BCUT2D eigenvalue weighted by atomic mass is 10.2. The second-order valence-electron chi connectivity index (χ2n) is 2.83. The fourth-order valence-electron chi connectivity index (χ4n) is 1.23. The van der Waals surface area contributed by atoms with Gasteiger partial charge in [-0.3, -0.25) is 9.78 Å². The topological polar surface area (TPSA) is 33.2 Å². The predicted molar refractivity (Wildman–Crippen MR) is 59.2 cm³/mol. The van der Waals surface area contributed by atoms with Crippen molar-refractivity contribution in [2.24, 2.45) is 0 Å². The van der Waals surface area contributed by atoms with Gasteiger partial charge >= 0.3 is 0 Å². The highest BCUT2D eigenvalue weighted by Gasteiger charge is 2.14. The van der Waals surface area contributed by atoms with Gasteiger partial charge in [0.25, 0.3) is 5.91 Å². The van der Waals surface area contributed by atoms with Crippen molar-refractivity contribution in [1.82, 2.24) is 9.88 Å². The summed E-state index contributed by atoms with van der Waals surface area (Å²) in [6.45, 7) is 5.39. The molecular weight excluding hydrogens is 244 g/mol. The molecule has 1 heterocycles. The van der Waals surface area contributed by atoms with Crippen LogP contribution in [0.25, 0.3) is 0 Å². The highest BCUT2D eigenvalue weighted by atomic mass is 79.9. The summed E-state index contributed by atoms with van der Waals surface area (Å²) in [5, 5.41) is 0. The smallest absolute Gasteiger partial charge is 0.255 e. The first-order valence-electron chi connectivity index (χ1n) is 4.59. The Morgan fingerprint density at radius 2 is 2.14 bits per heavy atom. The van der Waals surface area contributed by atoms with Crippen molar-refractivity contribution in [1.29, 1.82) is 0 Å². The standard InChI is InChI=1S/C10H13BrN2O/c1-3-13(4-2)10(14)8-5-6-12-7-9(8)11/h5-7H,3-4H2,1-2H3. The van der Waals surface area contributed by atoms with Gasteiger partial charge in [-0.1, -0.05) is 0 Å². The molecule has 0 aliphatic rings. The molecule has 0 spiro atoms. The van der Waals surface area contributed by atoms with Crippen LogP contribution in [0.5, 0.6) is 0 Å². The molecule has 1 aromatic rings. The first-order chi connectivity index (χ1) is 6.70. The summed E-state index contributed by atoms with van der Waals surface area (Å²) < 4.78 is 0.747. The Morgan fingerprint density at radius 1 is 1.50 bits per heavy atom. The lowest BCUT2D eigenvalue weighted by molar-refractivity contribution is 0.0772. The number of amides is 1. The van der Waals surface area contributed by atoms with E-state index in [-0.39, 0.29) is 5.91 Å². The van der Waals surface area contributed by atoms with Crippen molar-refractivity contribution < 1.29 is 4.79 Å². The minimum atomic E-state index is 0.0456. The second-order valence-corrected chi connectivity index (χ2v) is 3.69. The van der Waals surface area contributed by atoms with Gasteiger partial charge in [-0.15, -0.1) is 0 Å². The van der Waals surface area contributed by atoms with Crippen molar-refractivity contribution >= 4 is 21.8 Å². The average molecular weight is 257 g/mol. The molecule has 0 unspecified atom stereocenters. The molecule has 0 aliphatic carbocycles. The van der Waals surface area contributed by atoms with Gasteiger partial charge in [0.1, 0.15) is 0 Å². The summed E-state index contributed by atoms with van der Waals surface area (Å²) in [6.07, 6.45) is 3.26. The van der Waals surface area contributed by atoms with Crippen LogP contribution in [0.4, 0.5) is 0 Å². The Bertz CT molecular complexity index is 324. The number of nitrogens with zero attached hydrogens (tertiary/aromatic N) is 2. The molecule has 1 rings (SSSR count). The molecule has 0 radical (unpaired) electrons. The third-order valence-corrected chi connectivity index (χ3v) is 2.69. The number of carbonyl (C=O) groups is 1. The summed E-state index contributed by atoms with van der Waals surface area (Å²) in [7, 11) is 0. The van der Waals surface area contributed by atoms with Crippen LogP contribution in [-0.4, -0.2) is 28.9 Å². The molecule has 0 bridgehead atoms. The lowest BCUT2D eigenvalue weighted by Gasteiger charge is -2.18. The lowest BCUT2D eigenvalue weighted by Crippen LogP contribution is -2.30. The van der Waals surface area contributed by atoms with Gasteiger partial charge in [0.2, 0.25) is 0 Å². The van der Waals surface area contributed by atoms with E-state index in [0.717, 1.165) is 17.6 Å². The molecule has 0 N–H and O–H groups in total. The van der Waals surface area contributed by atoms with E-state index in [4.69, 9.17) is 0 Å². The molecule has 0 aromatic carbocycles. The SMILES string of the molecule is CCN(CC)C(=O)c1ccncc1Br. The molecule has 0 fully saturated rings. The Hall–Kier alpha value is -0.900. The minimum absolute atomic E-state index is 0.0456. The summed E-state index contributed by atoms with van der Waals surface area (Å²) in [6, 6.07) is 1.73. The van der Waals surface area contributed by atoms with Crippen molar-refractivity contribution in [3.63, 3.8) is 0 Å². The van der Waals surface area contributed by atoms with E-state index < -0.39 is 0 Å². The predicted octanol–water partition coefficient (Wildman–Crippen LogP) is 2.33. The van der Waals surface area contributed by atoms with Crippen LogP contribution in [0.3, 0.4) is 0 Å². The number of halogens is 1. The number of rotatable bonds is 3. The third-order valence-electron chi connectivity index (χ3n) is 2.05. The fourth-order valence-corrected chi connectivity index (χ4v) is 1.65. The highest BCUT2D eigenvalue weighted by molar-refractivity contribution is 9.10. The van der Waals surface area contributed by atoms with E-state index in [1.54, 1.807) is 23.4 Å². The van der Waals surface area contributed by atoms with E-state index in [0.29, 0.717) is 5.56 Å². The van der Waals surface area contributed by atoms with Gasteiger partial charge in [0, 0.05) is 30.0 Å². The van der Waals surface area contributed by atoms with Crippen LogP contribution in [0.15, 0.2) is 22.9 Å². The van der Waals surface area contributed by atoms with E-state index in [9.17, 15) is 4.79 Å². The summed E-state index contributed by atoms with van der Waals surface area (Å²) >= 11 is 3.31. The van der Waals surface area contributed by atoms with E-state index in [1.807, 2.05) is 13.8 Å². The largest absolute Gasteiger partial charge is 0.339 e. The van der Waals surface area contributed by atoms with Crippen molar-refractivity contribution in [2.75, 3.05) is 13.1 Å². The van der Waals surface area contributed by atoms with E-state index >= 15 is 0 Å². The van der Waals surface area contributed by atoms with Crippen LogP contribution in [-0.2, 0) is 0 Å². The molecule has 14 heavy (non-hydrogen) atoms. The quantitative estimate of drug-likeness (QED) is 0.832. The number of aromatic nitrogens is 1. The van der Waals surface area contributed by atoms with Crippen LogP contribution in [0.1, 0.15) is 24.2 Å². The Labute approximate surface area is 92.3 Å². The van der Waals surface area contributed by atoms with Crippen LogP contribution in [0, 0.1) is 0 Å². The normalized spacial score (nSPS) is 9.93. The van der Waals surface area contributed by atoms with Crippen molar-refractivity contribution in [2.45, 2.75) is 13.8 Å². The number of hydrogen-bond acceptors (Lipinski definition) is 2. The third kappa shape index (κ3) is 2.32. The van der Waals surface area contributed by atoms with Gasteiger partial charge in [-0.2, -0.15) is 0 Å². The molecule has 0 saturated heterocycles. The summed E-state index contributed by atoms with van der Waals surface area (Å²) in [5.41, 5.74) is 0.670. The molecule has 0 aliphatic heterocycles. The molecule has 0 atom stereocenters. The molecule has 0 saturated carbocycles. The van der Waals surface area contributed by atoms with Gasteiger partial charge in [-0.25, -0.2) is 0 Å². The molecule has 1 aromatic heterocycles. The highest BCUT2D eigenvalue weighted by Crippen LogP contribution is 2.16. The van der Waals surface area contributed by atoms with Crippen LogP contribution < -0.4 is 0 Å². The van der Waals surface area contributed by atoms with E-state index in [2.05, 4.69) is 20.9 Å². The minimum Gasteiger partial charge on any atom is -0.339 e. The maximum atomic E-state index is 11.9. The van der Waals surface area contributed by atoms with Crippen molar-refractivity contribution in [3.8, 4) is 0 Å². The van der Waals surface area contributed by atoms with Crippen LogP contribution in [0.2, 0.25) is 0 Å². The first kappa shape index (κ1) is 11.2. The maximum Gasteiger partial charge on any atom is 0.255 e. The Morgan fingerprint density at radius 3 is 2.64 bits per heavy atom. The average Bonchev–Trinajstić information content (AvgIpc) is 2.20. The van der Waals surface area contributed by atoms with Gasteiger partial charge in [0.15, 0.2) is 0 Å².